The predicted molar refractivity (Wildman–Crippen MR) is 101 cm³/mol. The summed E-state index contributed by atoms with van der Waals surface area (Å²) in [4.78, 5) is 16.9. The molecule has 7 nitrogen and oxygen atoms in total. The number of aromatic nitrogens is 2. The highest BCUT2D eigenvalue weighted by molar-refractivity contribution is 5.95. The Morgan fingerprint density at radius 1 is 1.38 bits per heavy atom. The van der Waals surface area contributed by atoms with Gasteiger partial charge in [-0.2, -0.15) is 10.4 Å². The number of nitriles is 1. The molecule has 1 saturated heterocycles. The van der Waals surface area contributed by atoms with Crippen LogP contribution in [0.3, 0.4) is 0 Å². The number of piperidine rings is 1. The number of hydrogen-bond donors (Lipinski definition) is 1. The number of benzene rings is 1. The molecule has 1 amide bonds. The zero-order valence-corrected chi connectivity index (χ0v) is 15.4. The minimum absolute atomic E-state index is 0.0692. The fourth-order valence-corrected chi connectivity index (χ4v) is 3.31. The van der Waals surface area contributed by atoms with Crippen LogP contribution in [0.2, 0.25) is 0 Å². The summed E-state index contributed by atoms with van der Waals surface area (Å²) in [6.07, 6.45) is 3.74. The first-order chi connectivity index (χ1) is 12.5. The second-order valence-electron chi connectivity index (χ2n) is 6.85. The molecule has 0 radical (unpaired) electrons. The third kappa shape index (κ3) is 3.80. The number of carbonyl (C=O) groups excluding carboxylic acids is 1. The number of amides is 1. The van der Waals surface area contributed by atoms with Crippen molar-refractivity contribution < 1.29 is 4.79 Å². The Labute approximate surface area is 153 Å². The molecule has 1 atom stereocenters. The smallest absolute Gasteiger partial charge is 0.251 e. The van der Waals surface area contributed by atoms with Crippen LogP contribution < -0.4 is 15.1 Å². The summed E-state index contributed by atoms with van der Waals surface area (Å²) in [7, 11) is 5.71. The summed E-state index contributed by atoms with van der Waals surface area (Å²) >= 11 is 0. The highest BCUT2D eigenvalue weighted by Gasteiger charge is 2.23. The first-order valence-corrected chi connectivity index (χ1v) is 8.74. The minimum atomic E-state index is -0.137. The number of nitrogens with zero attached hydrogens (tertiary/aromatic N) is 5. The molecule has 136 valence electrons. The predicted octanol–water partition coefficient (Wildman–Crippen LogP) is 1.76. The summed E-state index contributed by atoms with van der Waals surface area (Å²) in [5.41, 5.74) is 1.85. The van der Waals surface area contributed by atoms with E-state index in [1.165, 1.54) is 0 Å². The molecule has 1 aliphatic rings. The Balaban J connectivity index is 1.73. The summed E-state index contributed by atoms with van der Waals surface area (Å²) in [5.74, 6) is 0.923. The lowest BCUT2D eigenvalue weighted by Gasteiger charge is -2.34. The average Bonchev–Trinajstić information content (AvgIpc) is 3.07. The third-order valence-corrected chi connectivity index (χ3v) is 4.70. The number of anilines is 2. The molecule has 1 aromatic heterocycles. The molecule has 1 aromatic carbocycles. The first-order valence-electron chi connectivity index (χ1n) is 8.74. The van der Waals surface area contributed by atoms with Gasteiger partial charge in [-0.15, -0.1) is 0 Å². The van der Waals surface area contributed by atoms with Crippen molar-refractivity contribution in [1.82, 2.24) is 15.1 Å². The maximum Gasteiger partial charge on any atom is 0.251 e. The largest absolute Gasteiger partial charge is 0.378 e. The molecule has 3 rings (SSSR count). The van der Waals surface area contributed by atoms with E-state index in [0.717, 1.165) is 37.4 Å². The van der Waals surface area contributed by atoms with Crippen molar-refractivity contribution in [1.29, 1.82) is 5.26 Å². The summed E-state index contributed by atoms with van der Waals surface area (Å²) < 4.78 is 1.85. The van der Waals surface area contributed by atoms with Crippen molar-refractivity contribution in [2.45, 2.75) is 18.9 Å². The number of nitrogens with one attached hydrogen (secondary N) is 1. The number of rotatable bonds is 4. The van der Waals surface area contributed by atoms with Crippen LogP contribution in [-0.4, -0.2) is 48.9 Å². The molecular formula is C19H24N6O. The summed E-state index contributed by atoms with van der Waals surface area (Å²) in [5, 5.41) is 16.6. The molecule has 1 aliphatic heterocycles. The van der Waals surface area contributed by atoms with E-state index in [9.17, 15) is 10.1 Å². The van der Waals surface area contributed by atoms with Crippen molar-refractivity contribution in [2.24, 2.45) is 7.05 Å². The van der Waals surface area contributed by atoms with E-state index >= 15 is 0 Å². The SMILES string of the molecule is CN(C)c1cc(C#N)cc(C(=O)NC2CCCN(c3ccnn3C)C2)c1. The average molecular weight is 352 g/mol. The highest BCUT2D eigenvalue weighted by atomic mass is 16.1. The molecule has 1 N–H and O–H groups in total. The molecule has 7 heteroatoms. The molecule has 1 fully saturated rings. The normalized spacial score (nSPS) is 16.8. The summed E-state index contributed by atoms with van der Waals surface area (Å²) in [6.45, 7) is 1.71. The fraction of sp³-hybridized carbons (Fsp3) is 0.421. The van der Waals surface area contributed by atoms with Gasteiger partial charge in [0.25, 0.3) is 5.91 Å². The molecule has 0 bridgehead atoms. The van der Waals surface area contributed by atoms with Gasteiger partial charge in [0.1, 0.15) is 5.82 Å². The van der Waals surface area contributed by atoms with Gasteiger partial charge in [0, 0.05) is 57.6 Å². The van der Waals surface area contributed by atoms with Crippen molar-refractivity contribution in [2.75, 3.05) is 37.0 Å². The van der Waals surface area contributed by atoms with Crippen molar-refractivity contribution in [3.05, 3.63) is 41.6 Å². The molecule has 0 spiro atoms. The Bertz CT molecular complexity index is 835. The molecule has 2 heterocycles. The van der Waals surface area contributed by atoms with Gasteiger partial charge in [0.15, 0.2) is 0 Å². The van der Waals surface area contributed by atoms with E-state index in [4.69, 9.17) is 0 Å². The second kappa shape index (κ2) is 7.48. The molecule has 0 aliphatic carbocycles. The van der Waals surface area contributed by atoms with Gasteiger partial charge < -0.3 is 15.1 Å². The van der Waals surface area contributed by atoms with Gasteiger partial charge in [-0.05, 0) is 31.0 Å². The van der Waals surface area contributed by atoms with Gasteiger partial charge in [0.2, 0.25) is 0 Å². The molecule has 2 aromatic rings. The zero-order valence-electron chi connectivity index (χ0n) is 15.4. The zero-order chi connectivity index (χ0) is 18.7. The maximum atomic E-state index is 12.7. The lowest BCUT2D eigenvalue weighted by Crippen LogP contribution is -2.48. The van der Waals surface area contributed by atoms with Crippen LogP contribution in [-0.2, 0) is 7.05 Å². The van der Waals surface area contributed by atoms with E-state index in [-0.39, 0.29) is 11.9 Å². The van der Waals surface area contributed by atoms with Crippen LogP contribution in [0, 0.1) is 11.3 Å². The molecule has 0 saturated carbocycles. The van der Waals surface area contributed by atoms with Crippen molar-refractivity contribution >= 4 is 17.4 Å². The van der Waals surface area contributed by atoms with E-state index in [1.54, 1.807) is 18.3 Å². The maximum absolute atomic E-state index is 12.7. The van der Waals surface area contributed by atoms with Gasteiger partial charge >= 0.3 is 0 Å². The van der Waals surface area contributed by atoms with Crippen LogP contribution in [0.15, 0.2) is 30.5 Å². The van der Waals surface area contributed by atoms with Crippen molar-refractivity contribution in [3.63, 3.8) is 0 Å². The van der Waals surface area contributed by atoms with Crippen LogP contribution in [0.5, 0.6) is 0 Å². The van der Waals surface area contributed by atoms with Crippen LogP contribution in [0.1, 0.15) is 28.8 Å². The lowest BCUT2D eigenvalue weighted by molar-refractivity contribution is 0.0933. The van der Waals surface area contributed by atoms with E-state index in [1.807, 2.05) is 42.9 Å². The van der Waals surface area contributed by atoms with Gasteiger partial charge in [0.05, 0.1) is 17.8 Å². The fourth-order valence-electron chi connectivity index (χ4n) is 3.31. The van der Waals surface area contributed by atoms with Crippen LogP contribution >= 0.6 is 0 Å². The van der Waals surface area contributed by atoms with Gasteiger partial charge in [-0.1, -0.05) is 0 Å². The molecule has 26 heavy (non-hydrogen) atoms. The van der Waals surface area contributed by atoms with E-state index in [2.05, 4.69) is 21.4 Å². The van der Waals surface area contributed by atoms with Gasteiger partial charge in [-0.3, -0.25) is 9.48 Å². The summed E-state index contributed by atoms with van der Waals surface area (Å²) in [6, 6.07) is 9.43. The Morgan fingerprint density at radius 3 is 2.85 bits per heavy atom. The number of hydrogen-bond acceptors (Lipinski definition) is 5. The number of aryl methyl sites for hydroxylation is 1. The van der Waals surface area contributed by atoms with Crippen molar-refractivity contribution in [3.8, 4) is 6.07 Å². The quantitative estimate of drug-likeness (QED) is 0.907. The molecule has 1 unspecified atom stereocenters. The first kappa shape index (κ1) is 17.8. The minimum Gasteiger partial charge on any atom is -0.378 e. The second-order valence-corrected chi connectivity index (χ2v) is 6.85. The number of carbonyl (C=O) groups is 1. The Morgan fingerprint density at radius 2 is 2.19 bits per heavy atom. The Hall–Kier alpha value is -3.01. The van der Waals surface area contributed by atoms with Gasteiger partial charge in [-0.25, -0.2) is 0 Å². The van der Waals surface area contributed by atoms with Crippen LogP contribution in [0.25, 0.3) is 0 Å². The van der Waals surface area contributed by atoms with E-state index < -0.39 is 0 Å². The monoisotopic (exact) mass is 352 g/mol. The topological polar surface area (TPSA) is 77.2 Å². The highest BCUT2D eigenvalue weighted by Crippen LogP contribution is 2.20. The third-order valence-electron chi connectivity index (χ3n) is 4.70. The van der Waals surface area contributed by atoms with Crippen LogP contribution in [0.4, 0.5) is 11.5 Å². The standard InChI is InChI=1S/C19H24N6O/c1-23(2)17-10-14(12-20)9-15(11-17)19(26)22-16-5-4-8-25(13-16)18-6-7-21-24(18)3/h6-7,9-11,16H,4-5,8,13H2,1-3H3,(H,22,26). The lowest BCUT2D eigenvalue weighted by atomic mass is 10.0. The molecular weight excluding hydrogens is 328 g/mol. The Kier molecular flexibility index (Phi) is 5.12. The van der Waals surface area contributed by atoms with E-state index in [0.29, 0.717) is 11.1 Å².